The van der Waals surface area contributed by atoms with Gasteiger partial charge in [0.15, 0.2) is 0 Å². The van der Waals surface area contributed by atoms with Gasteiger partial charge in [-0.05, 0) is 55.8 Å². The van der Waals surface area contributed by atoms with E-state index >= 15 is 0 Å². The Labute approximate surface area is 173 Å². The predicted octanol–water partition coefficient (Wildman–Crippen LogP) is 3.80. The van der Waals surface area contributed by atoms with Crippen molar-refractivity contribution in [2.45, 2.75) is 26.1 Å². The molecule has 2 aromatic rings. The maximum absolute atomic E-state index is 12.7. The van der Waals surface area contributed by atoms with Gasteiger partial charge in [-0.15, -0.1) is 0 Å². The van der Waals surface area contributed by atoms with E-state index in [0.717, 1.165) is 23.4 Å². The molecule has 1 atom stereocenters. The van der Waals surface area contributed by atoms with Crippen LogP contribution in [0.5, 0.6) is 0 Å². The fourth-order valence-electron chi connectivity index (χ4n) is 3.43. The Morgan fingerprint density at radius 3 is 2.20 bits per heavy atom. The summed E-state index contributed by atoms with van der Waals surface area (Å²) in [5, 5.41) is 2.90. The highest BCUT2D eigenvalue weighted by molar-refractivity contribution is 5.95. The third-order valence-electron chi connectivity index (χ3n) is 5.27. The molecule has 1 aliphatic heterocycles. The van der Waals surface area contributed by atoms with E-state index in [9.17, 15) is 22.8 Å². The summed E-state index contributed by atoms with van der Waals surface area (Å²) < 4.78 is 38.0. The van der Waals surface area contributed by atoms with Gasteiger partial charge in [-0.1, -0.05) is 12.1 Å². The van der Waals surface area contributed by atoms with Crippen molar-refractivity contribution in [3.8, 4) is 0 Å². The number of amides is 2. The lowest BCUT2D eigenvalue weighted by Gasteiger charge is -2.37. The Balaban J connectivity index is 1.54. The van der Waals surface area contributed by atoms with Crippen LogP contribution in [0.4, 0.5) is 18.9 Å². The van der Waals surface area contributed by atoms with E-state index in [-0.39, 0.29) is 23.4 Å². The molecule has 2 aromatic carbocycles. The summed E-state index contributed by atoms with van der Waals surface area (Å²) in [7, 11) is 0. The molecular weight excluding hydrogens is 395 g/mol. The smallest absolute Gasteiger partial charge is 0.336 e. The molecule has 0 saturated carbocycles. The van der Waals surface area contributed by atoms with Gasteiger partial charge in [0.05, 0.1) is 11.6 Å². The molecule has 8 heteroatoms. The van der Waals surface area contributed by atoms with Crippen molar-refractivity contribution in [3.05, 3.63) is 65.2 Å². The van der Waals surface area contributed by atoms with Crippen LogP contribution in [0.1, 0.15) is 28.4 Å². The van der Waals surface area contributed by atoms with E-state index in [4.69, 9.17) is 0 Å². The van der Waals surface area contributed by atoms with Crippen molar-refractivity contribution in [2.75, 3.05) is 31.5 Å². The molecule has 1 fully saturated rings. The Kier molecular flexibility index (Phi) is 6.45. The number of alkyl halides is 3. The van der Waals surface area contributed by atoms with Crippen LogP contribution in [0, 0.1) is 6.92 Å². The summed E-state index contributed by atoms with van der Waals surface area (Å²) in [6.45, 7) is 5.60. The summed E-state index contributed by atoms with van der Waals surface area (Å²) in [4.78, 5) is 28.7. The minimum absolute atomic E-state index is 0.122. The van der Waals surface area contributed by atoms with Gasteiger partial charge in [0.2, 0.25) is 5.91 Å². The van der Waals surface area contributed by atoms with Gasteiger partial charge in [-0.2, -0.15) is 13.2 Å². The van der Waals surface area contributed by atoms with Crippen LogP contribution in [0.25, 0.3) is 0 Å². The van der Waals surface area contributed by atoms with E-state index in [1.54, 1.807) is 4.90 Å². The van der Waals surface area contributed by atoms with Crippen LogP contribution in [0.2, 0.25) is 0 Å². The number of carbonyl (C=O) groups is 2. The third-order valence-corrected chi connectivity index (χ3v) is 5.27. The molecule has 0 aliphatic carbocycles. The molecule has 5 nitrogen and oxygen atoms in total. The number of aryl methyl sites for hydroxylation is 1. The molecule has 30 heavy (non-hydrogen) atoms. The number of hydrogen-bond donors (Lipinski definition) is 1. The molecule has 1 saturated heterocycles. The van der Waals surface area contributed by atoms with Gasteiger partial charge in [0, 0.05) is 37.4 Å². The first-order valence-electron chi connectivity index (χ1n) is 9.73. The van der Waals surface area contributed by atoms with E-state index in [2.05, 4.69) is 5.32 Å². The van der Waals surface area contributed by atoms with Crippen LogP contribution in [0.15, 0.2) is 48.5 Å². The molecule has 0 spiro atoms. The van der Waals surface area contributed by atoms with Crippen molar-refractivity contribution in [1.29, 1.82) is 0 Å². The van der Waals surface area contributed by atoms with Gasteiger partial charge >= 0.3 is 6.18 Å². The summed E-state index contributed by atoms with van der Waals surface area (Å²) in [5.41, 5.74) is 1.23. The highest BCUT2D eigenvalue weighted by atomic mass is 19.4. The molecule has 0 aromatic heterocycles. The van der Waals surface area contributed by atoms with Crippen LogP contribution in [0.3, 0.4) is 0 Å². The average Bonchev–Trinajstić information content (AvgIpc) is 2.72. The normalized spacial score (nSPS) is 16.2. The predicted molar refractivity (Wildman–Crippen MR) is 108 cm³/mol. The van der Waals surface area contributed by atoms with Crippen LogP contribution < -0.4 is 5.32 Å². The van der Waals surface area contributed by atoms with Crippen LogP contribution in [-0.2, 0) is 11.0 Å². The molecule has 1 N–H and O–H groups in total. The Morgan fingerprint density at radius 1 is 1.00 bits per heavy atom. The lowest BCUT2D eigenvalue weighted by atomic mass is 10.1. The van der Waals surface area contributed by atoms with Gasteiger partial charge < -0.3 is 10.2 Å². The van der Waals surface area contributed by atoms with Gasteiger partial charge in [0.25, 0.3) is 5.91 Å². The van der Waals surface area contributed by atoms with E-state index in [1.807, 2.05) is 43.0 Å². The summed E-state index contributed by atoms with van der Waals surface area (Å²) in [6, 6.07) is 11.4. The molecular formula is C22H24F3N3O2. The molecule has 2 amide bonds. The van der Waals surface area contributed by atoms with E-state index in [0.29, 0.717) is 26.2 Å². The van der Waals surface area contributed by atoms with E-state index in [1.165, 1.54) is 12.1 Å². The van der Waals surface area contributed by atoms with Crippen molar-refractivity contribution >= 4 is 17.5 Å². The number of anilines is 1. The lowest BCUT2D eigenvalue weighted by molar-refractivity contribution is -0.137. The minimum Gasteiger partial charge on any atom is -0.336 e. The third kappa shape index (κ3) is 5.18. The lowest BCUT2D eigenvalue weighted by Crippen LogP contribution is -2.54. The fraction of sp³-hybridized carbons (Fsp3) is 0.364. The number of carbonyl (C=O) groups excluding carboxylic acids is 2. The highest BCUT2D eigenvalue weighted by Crippen LogP contribution is 2.29. The molecule has 1 unspecified atom stereocenters. The zero-order chi connectivity index (χ0) is 21.9. The first kappa shape index (κ1) is 21.8. The van der Waals surface area contributed by atoms with Crippen LogP contribution >= 0.6 is 0 Å². The zero-order valence-electron chi connectivity index (χ0n) is 16.9. The average molecular weight is 419 g/mol. The van der Waals surface area contributed by atoms with Crippen LogP contribution in [-0.4, -0.2) is 53.8 Å². The number of nitrogens with one attached hydrogen (secondary N) is 1. The van der Waals surface area contributed by atoms with Crippen molar-refractivity contribution < 1.29 is 22.8 Å². The topological polar surface area (TPSA) is 52.7 Å². The quantitative estimate of drug-likeness (QED) is 0.820. The number of nitrogens with zero attached hydrogens (tertiary/aromatic N) is 2. The number of benzene rings is 2. The number of rotatable bonds is 4. The second-order valence-corrected chi connectivity index (χ2v) is 7.44. The highest BCUT2D eigenvalue weighted by Gasteiger charge is 2.31. The Bertz CT molecular complexity index is 905. The summed E-state index contributed by atoms with van der Waals surface area (Å²) in [5.74, 6) is -0.427. The van der Waals surface area contributed by atoms with Crippen molar-refractivity contribution in [1.82, 2.24) is 9.80 Å². The number of piperazine rings is 1. The number of hydrogen-bond acceptors (Lipinski definition) is 3. The van der Waals surface area contributed by atoms with Crippen molar-refractivity contribution in [3.63, 3.8) is 0 Å². The standard InChI is InChI=1S/C22H24F3N3O2/c1-15-4-3-5-19(14-15)26-20(29)16(2)27-10-12-28(13-11-27)21(30)17-6-8-18(9-7-17)22(23,24)25/h3-9,14,16H,10-13H2,1-2H3,(H,26,29). The van der Waals surface area contributed by atoms with E-state index < -0.39 is 11.7 Å². The molecule has 0 bridgehead atoms. The second-order valence-electron chi connectivity index (χ2n) is 7.44. The van der Waals surface area contributed by atoms with Gasteiger partial charge in [-0.3, -0.25) is 14.5 Å². The maximum atomic E-state index is 12.7. The van der Waals surface area contributed by atoms with Crippen molar-refractivity contribution in [2.24, 2.45) is 0 Å². The summed E-state index contributed by atoms with van der Waals surface area (Å²) in [6.07, 6.45) is -4.43. The number of halogens is 3. The fourth-order valence-corrected chi connectivity index (χ4v) is 3.43. The Morgan fingerprint density at radius 2 is 1.63 bits per heavy atom. The maximum Gasteiger partial charge on any atom is 0.416 e. The second kappa shape index (κ2) is 8.87. The zero-order valence-corrected chi connectivity index (χ0v) is 16.9. The SMILES string of the molecule is Cc1cccc(NC(=O)C(C)N2CCN(C(=O)c3ccc(C(F)(F)F)cc3)CC2)c1. The minimum atomic E-state index is -4.43. The molecule has 1 aliphatic rings. The summed E-state index contributed by atoms with van der Waals surface area (Å²) >= 11 is 0. The van der Waals surface area contributed by atoms with Gasteiger partial charge in [-0.25, -0.2) is 0 Å². The first-order valence-corrected chi connectivity index (χ1v) is 9.73. The first-order chi connectivity index (χ1) is 14.1. The molecule has 1 heterocycles. The Hall–Kier alpha value is -2.87. The molecule has 160 valence electrons. The molecule has 0 radical (unpaired) electrons. The monoisotopic (exact) mass is 419 g/mol. The largest absolute Gasteiger partial charge is 0.416 e. The van der Waals surface area contributed by atoms with Gasteiger partial charge in [0.1, 0.15) is 0 Å². The molecule has 3 rings (SSSR count).